The van der Waals surface area contributed by atoms with Gasteiger partial charge in [-0.2, -0.15) is 0 Å². The molecule has 1 heterocycles. The van der Waals surface area contributed by atoms with E-state index < -0.39 is 0 Å². The third kappa shape index (κ3) is 4.54. The molecule has 3 aromatic rings. The quantitative estimate of drug-likeness (QED) is 0.440. The standard InChI is InChI=1S/C23H16Cl2N2O2S/c24-19-10-9-17(13-20(19)25)27-22(28)21(30-23(27)26)12-16-7-4-8-18(11-16)29-14-15-5-2-1-3-6-15/h1-13,26H,14H2/b21-12-,26-23?. The van der Waals surface area contributed by atoms with Crippen LogP contribution in [-0.2, 0) is 11.4 Å². The Morgan fingerprint density at radius 1 is 0.967 bits per heavy atom. The summed E-state index contributed by atoms with van der Waals surface area (Å²) in [5.41, 5.74) is 2.41. The largest absolute Gasteiger partial charge is 0.489 e. The molecule has 0 unspecified atom stereocenters. The van der Waals surface area contributed by atoms with E-state index in [0.29, 0.717) is 33.0 Å². The fourth-order valence-corrected chi connectivity index (χ4v) is 4.09. The minimum Gasteiger partial charge on any atom is -0.489 e. The number of hydrogen-bond donors (Lipinski definition) is 1. The molecule has 4 nitrogen and oxygen atoms in total. The molecule has 1 saturated heterocycles. The van der Waals surface area contributed by atoms with Gasteiger partial charge in [-0.3, -0.25) is 15.1 Å². The van der Waals surface area contributed by atoms with Gasteiger partial charge in [0.15, 0.2) is 5.17 Å². The van der Waals surface area contributed by atoms with E-state index in [-0.39, 0.29) is 11.1 Å². The molecule has 0 spiro atoms. The molecule has 4 rings (SSSR count). The zero-order chi connectivity index (χ0) is 21.1. The Morgan fingerprint density at radius 3 is 2.53 bits per heavy atom. The highest BCUT2D eigenvalue weighted by Crippen LogP contribution is 2.37. The maximum atomic E-state index is 12.9. The van der Waals surface area contributed by atoms with Crippen molar-refractivity contribution in [3.05, 3.63) is 98.9 Å². The van der Waals surface area contributed by atoms with Crippen molar-refractivity contribution in [3.8, 4) is 5.75 Å². The summed E-state index contributed by atoms with van der Waals surface area (Å²) < 4.78 is 5.86. The number of anilines is 1. The molecular formula is C23H16Cl2N2O2S. The van der Waals surface area contributed by atoms with E-state index in [9.17, 15) is 4.79 Å². The average molecular weight is 455 g/mol. The molecule has 1 aliphatic rings. The van der Waals surface area contributed by atoms with Gasteiger partial charge in [-0.1, -0.05) is 65.7 Å². The predicted octanol–water partition coefficient (Wildman–Crippen LogP) is 6.63. The summed E-state index contributed by atoms with van der Waals surface area (Å²) >= 11 is 13.1. The number of amides is 1. The van der Waals surface area contributed by atoms with Gasteiger partial charge in [-0.05, 0) is 59.3 Å². The van der Waals surface area contributed by atoms with E-state index in [1.807, 2.05) is 54.6 Å². The van der Waals surface area contributed by atoms with Crippen LogP contribution in [0.5, 0.6) is 5.75 Å². The first kappa shape index (κ1) is 20.5. The highest BCUT2D eigenvalue weighted by Gasteiger charge is 2.33. The van der Waals surface area contributed by atoms with E-state index >= 15 is 0 Å². The number of rotatable bonds is 5. The summed E-state index contributed by atoms with van der Waals surface area (Å²) in [7, 11) is 0. The van der Waals surface area contributed by atoms with Crippen LogP contribution in [0.3, 0.4) is 0 Å². The lowest BCUT2D eigenvalue weighted by Gasteiger charge is -2.14. The summed E-state index contributed by atoms with van der Waals surface area (Å²) in [6.45, 7) is 0.463. The highest BCUT2D eigenvalue weighted by molar-refractivity contribution is 8.19. The number of nitrogens with one attached hydrogen (secondary N) is 1. The van der Waals surface area contributed by atoms with Crippen molar-refractivity contribution in [1.82, 2.24) is 0 Å². The number of ether oxygens (including phenoxy) is 1. The Balaban J connectivity index is 1.52. The molecule has 3 aromatic carbocycles. The Morgan fingerprint density at radius 2 is 1.77 bits per heavy atom. The van der Waals surface area contributed by atoms with Gasteiger partial charge in [-0.15, -0.1) is 0 Å². The molecule has 0 bridgehead atoms. The van der Waals surface area contributed by atoms with E-state index in [4.69, 9.17) is 33.3 Å². The number of halogens is 2. The Kier molecular flexibility index (Phi) is 6.13. The van der Waals surface area contributed by atoms with Crippen molar-refractivity contribution in [1.29, 1.82) is 5.41 Å². The van der Waals surface area contributed by atoms with Crippen LogP contribution in [0.2, 0.25) is 10.0 Å². The molecule has 0 saturated carbocycles. The molecule has 0 aromatic heterocycles. The Labute approximate surface area is 188 Å². The first-order valence-electron chi connectivity index (χ1n) is 9.05. The lowest BCUT2D eigenvalue weighted by atomic mass is 10.2. The van der Waals surface area contributed by atoms with Crippen molar-refractivity contribution >= 4 is 57.8 Å². The maximum absolute atomic E-state index is 12.9. The van der Waals surface area contributed by atoms with E-state index in [1.54, 1.807) is 24.3 Å². The maximum Gasteiger partial charge on any atom is 0.271 e. The van der Waals surface area contributed by atoms with Crippen molar-refractivity contribution in [2.24, 2.45) is 0 Å². The molecular weight excluding hydrogens is 439 g/mol. The van der Waals surface area contributed by atoms with Gasteiger partial charge < -0.3 is 4.74 Å². The van der Waals surface area contributed by atoms with Gasteiger partial charge in [0.25, 0.3) is 5.91 Å². The first-order chi connectivity index (χ1) is 14.5. The first-order valence-corrected chi connectivity index (χ1v) is 10.6. The van der Waals surface area contributed by atoms with Crippen molar-refractivity contribution in [2.75, 3.05) is 4.90 Å². The summed E-state index contributed by atoms with van der Waals surface area (Å²) in [6.07, 6.45) is 1.76. The minimum atomic E-state index is -0.279. The molecule has 1 fully saturated rings. The topological polar surface area (TPSA) is 53.4 Å². The average Bonchev–Trinajstić information content (AvgIpc) is 3.02. The van der Waals surface area contributed by atoms with E-state index in [2.05, 4.69) is 0 Å². The Hall–Kier alpha value is -2.73. The normalized spacial score (nSPS) is 15.1. The van der Waals surface area contributed by atoms with Crippen molar-refractivity contribution in [3.63, 3.8) is 0 Å². The number of carbonyl (C=O) groups is 1. The van der Waals surface area contributed by atoms with Crippen LogP contribution >= 0.6 is 35.0 Å². The summed E-state index contributed by atoms with van der Waals surface area (Å²) in [5, 5.41) is 9.07. The fourth-order valence-electron chi connectivity index (χ4n) is 2.93. The molecule has 150 valence electrons. The van der Waals surface area contributed by atoms with E-state index in [1.165, 1.54) is 4.90 Å². The van der Waals surface area contributed by atoms with Gasteiger partial charge in [0.05, 0.1) is 20.6 Å². The second kappa shape index (κ2) is 8.96. The zero-order valence-electron chi connectivity index (χ0n) is 15.6. The number of hydrogen-bond acceptors (Lipinski definition) is 4. The van der Waals surface area contributed by atoms with Gasteiger partial charge in [0.1, 0.15) is 12.4 Å². The number of thioether (sulfide) groups is 1. The van der Waals surface area contributed by atoms with Crippen LogP contribution in [0.15, 0.2) is 77.7 Å². The van der Waals surface area contributed by atoms with E-state index in [0.717, 1.165) is 22.9 Å². The van der Waals surface area contributed by atoms with Gasteiger partial charge in [-0.25, -0.2) is 0 Å². The number of benzene rings is 3. The molecule has 1 aliphatic heterocycles. The highest BCUT2D eigenvalue weighted by atomic mass is 35.5. The smallest absolute Gasteiger partial charge is 0.271 e. The number of amidine groups is 1. The van der Waals surface area contributed by atoms with Gasteiger partial charge in [0.2, 0.25) is 0 Å². The molecule has 0 atom stereocenters. The number of carbonyl (C=O) groups excluding carboxylic acids is 1. The van der Waals surface area contributed by atoms with Crippen molar-refractivity contribution < 1.29 is 9.53 Å². The van der Waals surface area contributed by atoms with Gasteiger partial charge >= 0.3 is 0 Å². The van der Waals surface area contributed by atoms with Crippen LogP contribution in [0.4, 0.5) is 5.69 Å². The monoisotopic (exact) mass is 454 g/mol. The molecule has 0 radical (unpaired) electrons. The fraction of sp³-hybridized carbons (Fsp3) is 0.0435. The predicted molar refractivity (Wildman–Crippen MR) is 124 cm³/mol. The summed E-state index contributed by atoms with van der Waals surface area (Å²) in [4.78, 5) is 14.7. The van der Waals surface area contributed by atoms with Crippen LogP contribution in [0, 0.1) is 5.41 Å². The lowest BCUT2D eigenvalue weighted by Crippen LogP contribution is -2.28. The SMILES string of the molecule is N=C1S/C(=C\c2cccc(OCc3ccccc3)c2)C(=O)N1c1ccc(Cl)c(Cl)c1. The number of nitrogens with zero attached hydrogens (tertiary/aromatic N) is 1. The van der Waals surface area contributed by atoms with Crippen LogP contribution in [0.25, 0.3) is 6.08 Å². The summed E-state index contributed by atoms with van der Waals surface area (Å²) in [5.74, 6) is 0.430. The zero-order valence-corrected chi connectivity index (χ0v) is 18.0. The second-order valence-electron chi connectivity index (χ2n) is 6.50. The molecule has 1 amide bonds. The molecule has 30 heavy (non-hydrogen) atoms. The van der Waals surface area contributed by atoms with Gasteiger partial charge in [0, 0.05) is 0 Å². The molecule has 7 heteroatoms. The van der Waals surface area contributed by atoms with Crippen LogP contribution < -0.4 is 9.64 Å². The minimum absolute atomic E-state index is 0.112. The third-order valence-corrected chi connectivity index (χ3v) is 6.02. The summed E-state index contributed by atoms with van der Waals surface area (Å²) in [6, 6.07) is 22.3. The lowest BCUT2D eigenvalue weighted by molar-refractivity contribution is -0.113. The second-order valence-corrected chi connectivity index (χ2v) is 8.35. The molecule has 0 aliphatic carbocycles. The van der Waals surface area contributed by atoms with Crippen LogP contribution in [0.1, 0.15) is 11.1 Å². The Bertz CT molecular complexity index is 1150. The molecule has 1 N–H and O–H groups in total. The third-order valence-electron chi connectivity index (χ3n) is 4.39. The van der Waals surface area contributed by atoms with Crippen molar-refractivity contribution in [2.45, 2.75) is 6.61 Å². The van der Waals surface area contributed by atoms with Crippen LogP contribution in [-0.4, -0.2) is 11.1 Å².